The number of carbonyl (C=O) groups excluding carboxylic acids is 6. The van der Waals surface area contributed by atoms with E-state index in [0.29, 0.717) is 12.3 Å². The van der Waals surface area contributed by atoms with E-state index in [-0.39, 0.29) is 68.0 Å². The van der Waals surface area contributed by atoms with Crippen LogP contribution in [0.25, 0.3) is 11.1 Å². The first kappa shape index (κ1) is 83.4. The highest BCUT2D eigenvalue weighted by atomic mass is 35.5. The van der Waals surface area contributed by atoms with Gasteiger partial charge in [0.05, 0.1) is 35.5 Å². The van der Waals surface area contributed by atoms with E-state index in [4.69, 9.17) is 51.6 Å². The summed E-state index contributed by atoms with van der Waals surface area (Å²) < 4.78 is 39.0. The second-order valence-electron chi connectivity index (χ2n) is 29.1. The fourth-order valence-electron chi connectivity index (χ4n) is 14.8. The molecule has 17 bridgehead atoms. The molecule has 0 spiro atoms. The lowest BCUT2D eigenvalue weighted by Gasteiger charge is -2.44. The molecule has 18 N–H and O–H groups in total. The molecular weight excluding hydrogens is 1570 g/mol. The minimum Gasteiger partial charge on any atom is -0.508 e. The first-order valence-electron chi connectivity index (χ1n) is 37.9. The predicted molar refractivity (Wildman–Crippen MR) is 413 cm³/mol. The summed E-state index contributed by atoms with van der Waals surface area (Å²) in [5.74, 6) is -15.2. The third kappa shape index (κ3) is 18.8. The van der Waals surface area contributed by atoms with Crippen molar-refractivity contribution in [2.24, 2.45) is 0 Å². The number of carboxylic acid groups (broad SMARTS) is 1. The molecule has 36 heteroatoms. The molecule has 0 aliphatic carbocycles. The molecule has 6 amide bonds. The highest BCUT2D eigenvalue weighted by Crippen LogP contribution is 2.49. The van der Waals surface area contributed by atoms with Gasteiger partial charge in [0, 0.05) is 48.8 Å². The number of nitrogens with zero attached hydrogens (tertiary/aromatic N) is 3. The summed E-state index contributed by atoms with van der Waals surface area (Å²) in [5.41, 5.74) is -1.98. The van der Waals surface area contributed by atoms with Crippen LogP contribution in [0.4, 0.5) is 0 Å². The van der Waals surface area contributed by atoms with Crippen LogP contribution < -0.4 is 51.4 Å². The molecule has 117 heavy (non-hydrogen) atoms. The van der Waals surface area contributed by atoms with Gasteiger partial charge in [0.25, 0.3) is 0 Å². The van der Waals surface area contributed by atoms with Crippen LogP contribution in [0.2, 0.25) is 10.0 Å². The monoisotopic (exact) mass is 1650 g/mol. The van der Waals surface area contributed by atoms with Crippen LogP contribution in [-0.2, 0) is 60.8 Å². The standard InChI is InChI=1S/C81H86Cl2N10O24/c1-3-4-5-6-7-8-9-10-11-12-21-112-36-44-34-93(92-91-44)69-40-15-18-54(99)58(28-40)113-47-25-42(24-45(96)31-47)64-76(106)88-65-43-29-59(114-56-19-13-38(22-50(56)82)23-52(74(104)86-64)85-79(69)109)70(101)60(30-43)115-57-20-16-41(27-51(57)83)73(117-81-67(84-37(2)95)72(103)71(102)61(35-94)116-81)68-78(108)89-66(80(110)111)49-32-46(97)33-55(100)62(49)48-26-39(14-17-53(48)98)63(75(105)90-68)87-77(65)107/h13-20,22,24-34,52,61,63-69,71-73,77,81,87,94,96-103,107H,3-12,21,23,35-36H2,1-2H3,(H,84,95)(H,85,109)(H,86,104)(H,88,106)(H,89,108)(H,90,105)(H,110,111)/t52-,61-,63-,64+,65-,66-,67-,68-,69-,71-,72-,73-,77?,81+/m1/s1. The van der Waals surface area contributed by atoms with Gasteiger partial charge in [-0.3, -0.25) is 34.1 Å². The molecular formula is C81H86Cl2N10O24. The molecule has 7 aliphatic heterocycles. The van der Waals surface area contributed by atoms with E-state index in [1.165, 1.54) is 97.9 Å². The van der Waals surface area contributed by atoms with E-state index >= 15 is 24.0 Å². The highest BCUT2D eigenvalue weighted by Gasteiger charge is 2.49. The van der Waals surface area contributed by atoms with Crippen LogP contribution in [-0.4, -0.2) is 175 Å². The normalized spacial score (nSPS) is 23.9. The van der Waals surface area contributed by atoms with Crippen molar-refractivity contribution in [3.8, 4) is 80.1 Å². The molecule has 8 aromatic rings. The zero-order chi connectivity index (χ0) is 83.2. The number of phenolic OH excluding ortho intramolecular Hbond substituents is 6. The number of ether oxygens (including phenoxy) is 6. The average Bonchev–Trinajstić information content (AvgIpc) is 1.04. The summed E-state index contributed by atoms with van der Waals surface area (Å²) in [4.78, 5) is 106. The number of aromatic hydroxyl groups is 6. The van der Waals surface area contributed by atoms with Crippen LogP contribution in [0.5, 0.6) is 69.0 Å². The molecule has 8 heterocycles. The van der Waals surface area contributed by atoms with E-state index in [1.54, 1.807) is 0 Å². The molecule has 1 aromatic heterocycles. The number of amides is 6. The number of halogens is 2. The number of phenols is 6. The van der Waals surface area contributed by atoms with Gasteiger partial charge in [0.1, 0.15) is 107 Å². The fourth-order valence-corrected chi connectivity index (χ4v) is 15.3. The number of aromatic nitrogens is 3. The number of rotatable bonds is 19. The largest absolute Gasteiger partial charge is 0.508 e. The van der Waals surface area contributed by atoms with Crippen LogP contribution in [0.3, 0.4) is 0 Å². The Bertz CT molecular complexity index is 5090. The van der Waals surface area contributed by atoms with Gasteiger partial charge in [-0.15, -0.1) is 5.10 Å². The second kappa shape index (κ2) is 36.3. The first-order chi connectivity index (χ1) is 56.1. The van der Waals surface area contributed by atoms with Gasteiger partial charge in [0.2, 0.25) is 41.2 Å². The Labute approximate surface area is 677 Å². The number of aliphatic hydroxyl groups is 4. The SMILES string of the molecule is CCCCCCCCCCCCOCc1cn([C@H]2C(=O)N[C@@H]3Cc4ccc(c(Cl)c4)Oc4cc5cc(c4O)Oc4ccc(cc4Cl)[C@@H](O[C@@H]4O[C@H](CO)[C@@H](O)[C@H](O)[C@H]4NC(C)=O)[C@H]4NC(=O)[C@H](NC(O)[C@@H]5NC(=O)[C@@H](NC3=O)c3cc(O)cc(c3)Oc3cc2ccc3O)c2ccc(O)c(c2)-c2c(O)cc(O)cc2[C@H](C(=O)O)NC4=O)nn1. The van der Waals surface area contributed by atoms with Gasteiger partial charge in [-0.05, 0) is 119 Å². The molecule has 0 saturated carbocycles. The van der Waals surface area contributed by atoms with E-state index in [0.717, 1.165) is 99.3 Å². The molecule has 15 rings (SSSR count). The number of aliphatic hydroxyl groups excluding tert-OH is 4. The third-order valence-corrected chi connectivity index (χ3v) is 21.3. The van der Waals surface area contributed by atoms with Crippen LogP contribution in [0, 0.1) is 0 Å². The van der Waals surface area contributed by atoms with Crippen molar-refractivity contribution in [1.29, 1.82) is 0 Å². The molecule has 618 valence electrons. The van der Waals surface area contributed by atoms with Crippen LogP contribution >= 0.6 is 23.2 Å². The molecule has 7 aliphatic rings. The van der Waals surface area contributed by atoms with Crippen molar-refractivity contribution in [2.75, 3.05) is 13.2 Å². The Morgan fingerprint density at radius 3 is 1.94 bits per heavy atom. The van der Waals surface area contributed by atoms with E-state index in [9.17, 15) is 65.8 Å². The second-order valence-corrected chi connectivity index (χ2v) is 30.0. The van der Waals surface area contributed by atoms with Crippen LogP contribution in [0.15, 0.2) is 121 Å². The predicted octanol–water partition coefficient (Wildman–Crippen LogP) is 7.36. The Morgan fingerprint density at radius 2 is 1.25 bits per heavy atom. The maximum absolute atomic E-state index is 16.2. The number of nitrogens with one attached hydrogen (secondary N) is 7. The lowest BCUT2D eigenvalue weighted by molar-refractivity contribution is -0.284. The summed E-state index contributed by atoms with van der Waals surface area (Å²) in [6, 6.07) is 6.09. The summed E-state index contributed by atoms with van der Waals surface area (Å²) in [6.07, 6.45) is 0.0446. The van der Waals surface area contributed by atoms with Crippen molar-refractivity contribution < 1.29 is 118 Å². The number of benzene rings is 7. The quantitative estimate of drug-likeness (QED) is 0.0351. The van der Waals surface area contributed by atoms with Crippen molar-refractivity contribution in [2.45, 2.75) is 176 Å². The van der Waals surface area contributed by atoms with E-state index in [2.05, 4.69) is 54.5 Å². The average molecular weight is 1650 g/mol. The van der Waals surface area contributed by atoms with Crippen molar-refractivity contribution >= 4 is 64.6 Å². The van der Waals surface area contributed by atoms with Crippen LogP contribution in [0.1, 0.15) is 159 Å². The minimum atomic E-state index is -2.47. The number of carboxylic acids is 1. The molecule has 34 nitrogen and oxygen atoms in total. The number of unbranched alkanes of at least 4 members (excludes halogenated alkanes) is 9. The maximum Gasteiger partial charge on any atom is 0.330 e. The molecule has 1 fully saturated rings. The molecule has 1 unspecified atom stereocenters. The highest BCUT2D eigenvalue weighted by molar-refractivity contribution is 6.32. The van der Waals surface area contributed by atoms with E-state index < -0.39 is 207 Å². The van der Waals surface area contributed by atoms with E-state index in [1.807, 2.05) is 0 Å². The maximum atomic E-state index is 16.2. The topological polar surface area (TPSA) is 512 Å². The van der Waals surface area contributed by atoms with Gasteiger partial charge >= 0.3 is 5.97 Å². The lowest BCUT2D eigenvalue weighted by atomic mass is 9.89. The number of aliphatic carboxylic acids is 1. The van der Waals surface area contributed by atoms with Gasteiger partial charge in [-0.1, -0.05) is 117 Å². The van der Waals surface area contributed by atoms with Gasteiger partial charge < -0.3 is 116 Å². The molecule has 14 atom stereocenters. The number of carbonyl (C=O) groups is 7. The first-order valence-corrected chi connectivity index (χ1v) is 38.6. The minimum absolute atomic E-state index is 0.0103. The number of fused-ring (bicyclic) bond motifs is 14. The summed E-state index contributed by atoms with van der Waals surface area (Å²) in [7, 11) is 0. The third-order valence-electron chi connectivity index (χ3n) is 20.7. The Morgan fingerprint density at radius 1 is 0.598 bits per heavy atom. The summed E-state index contributed by atoms with van der Waals surface area (Å²) in [5, 5.41) is 154. The Balaban J connectivity index is 0.945. The smallest absolute Gasteiger partial charge is 0.330 e. The molecule has 7 aromatic carbocycles. The summed E-state index contributed by atoms with van der Waals surface area (Å²) in [6.45, 7) is 2.66. The summed E-state index contributed by atoms with van der Waals surface area (Å²) >= 11 is 14.3. The molecule has 0 radical (unpaired) electrons. The van der Waals surface area contributed by atoms with Crippen molar-refractivity contribution in [3.05, 3.63) is 176 Å². The van der Waals surface area contributed by atoms with Crippen molar-refractivity contribution in [3.63, 3.8) is 0 Å². The zero-order valence-corrected chi connectivity index (χ0v) is 64.4. The Kier molecular flexibility index (Phi) is 25.9. The molecule has 1 saturated heterocycles. The lowest BCUT2D eigenvalue weighted by Crippen LogP contribution is -2.65. The van der Waals surface area contributed by atoms with Gasteiger partial charge in [0.15, 0.2) is 41.4 Å². The fraction of sp³-hybridized carbons (Fsp3) is 0.370. The van der Waals surface area contributed by atoms with Crippen molar-refractivity contribution in [1.82, 2.24) is 52.2 Å². The van der Waals surface area contributed by atoms with Gasteiger partial charge in [-0.2, -0.15) is 0 Å². The Hall–Kier alpha value is -11.6. The number of hydrogen-bond acceptors (Lipinski definition) is 26. The van der Waals surface area contributed by atoms with Gasteiger partial charge in [-0.25, -0.2) is 9.48 Å². The zero-order valence-electron chi connectivity index (χ0n) is 62.9. The number of hydrogen-bond donors (Lipinski definition) is 18.